The van der Waals surface area contributed by atoms with Crippen LogP contribution >= 0.6 is 0 Å². The first-order valence-corrected chi connectivity index (χ1v) is 5.70. The summed E-state index contributed by atoms with van der Waals surface area (Å²) < 4.78 is 30.8. The average molecular weight is 268 g/mol. The Morgan fingerprint density at radius 2 is 2.21 bits per heavy atom. The van der Waals surface area contributed by atoms with Gasteiger partial charge in [0.2, 0.25) is 0 Å². The topological polar surface area (TPSA) is 62.1 Å². The molecule has 1 rings (SSSR count). The molecule has 0 aliphatic carbocycles. The fraction of sp³-hybridized carbons (Fsp3) is 0.385. The summed E-state index contributed by atoms with van der Waals surface area (Å²) in [6, 6.07) is 4.76. The fourth-order valence-electron chi connectivity index (χ4n) is 1.27. The van der Waals surface area contributed by atoms with Crippen molar-refractivity contribution in [1.29, 1.82) is 5.26 Å². The quantitative estimate of drug-likeness (QED) is 0.890. The Morgan fingerprint density at radius 3 is 2.74 bits per heavy atom. The molecule has 0 fully saturated rings. The molecule has 19 heavy (non-hydrogen) atoms. The van der Waals surface area contributed by atoms with Crippen molar-refractivity contribution in [2.24, 2.45) is 0 Å². The molecular formula is C13H14F2N2O2. The maximum absolute atomic E-state index is 13.2. The second-order valence-corrected chi connectivity index (χ2v) is 4.21. The lowest BCUT2D eigenvalue weighted by atomic mass is 10.0. The summed E-state index contributed by atoms with van der Waals surface area (Å²) in [7, 11) is 0. The molecule has 1 unspecified atom stereocenters. The van der Waals surface area contributed by atoms with Crippen molar-refractivity contribution in [3.8, 4) is 11.8 Å². The van der Waals surface area contributed by atoms with Gasteiger partial charge in [0, 0.05) is 6.07 Å². The van der Waals surface area contributed by atoms with Gasteiger partial charge in [0.05, 0.1) is 6.07 Å². The van der Waals surface area contributed by atoms with Crippen LogP contribution in [0.1, 0.15) is 20.3 Å². The number of carbonyl (C=O) groups excluding carboxylic acids is 1. The first-order valence-electron chi connectivity index (χ1n) is 5.70. The van der Waals surface area contributed by atoms with Gasteiger partial charge in [-0.05, 0) is 25.5 Å². The zero-order valence-corrected chi connectivity index (χ0v) is 10.7. The van der Waals surface area contributed by atoms with E-state index in [1.54, 1.807) is 13.8 Å². The molecule has 1 aromatic carbocycles. The number of nitriles is 1. The molecule has 0 saturated carbocycles. The van der Waals surface area contributed by atoms with E-state index in [-0.39, 0.29) is 5.75 Å². The lowest BCUT2D eigenvalue weighted by Gasteiger charge is -2.21. The average Bonchev–Trinajstić information content (AvgIpc) is 2.37. The number of nitrogens with one attached hydrogen (secondary N) is 1. The van der Waals surface area contributed by atoms with Crippen molar-refractivity contribution < 1.29 is 18.3 Å². The Hall–Kier alpha value is -2.16. The number of hydrogen-bond donors (Lipinski definition) is 1. The zero-order valence-electron chi connectivity index (χ0n) is 10.7. The van der Waals surface area contributed by atoms with Crippen molar-refractivity contribution >= 4 is 5.91 Å². The second-order valence-electron chi connectivity index (χ2n) is 4.21. The normalized spacial score (nSPS) is 13.2. The molecule has 1 aromatic rings. The predicted octanol–water partition coefficient (Wildman–Crippen LogP) is 2.15. The van der Waals surface area contributed by atoms with Crippen LogP contribution in [0, 0.1) is 23.0 Å². The van der Waals surface area contributed by atoms with E-state index in [0.29, 0.717) is 12.5 Å². The number of hydrogen-bond acceptors (Lipinski definition) is 3. The molecule has 6 heteroatoms. The van der Waals surface area contributed by atoms with Crippen molar-refractivity contribution in [1.82, 2.24) is 5.32 Å². The Labute approximate surface area is 110 Å². The van der Waals surface area contributed by atoms with Gasteiger partial charge in [-0.15, -0.1) is 0 Å². The number of carbonyl (C=O) groups is 1. The van der Waals surface area contributed by atoms with E-state index in [9.17, 15) is 13.6 Å². The molecule has 0 heterocycles. The second kappa shape index (κ2) is 6.14. The third-order valence-electron chi connectivity index (χ3n) is 2.62. The van der Waals surface area contributed by atoms with Crippen LogP contribution in [-0.4, -0.2) is 18.1 Å². The monoisotopic (exact) mass is 268 g/mol. The number of nitrogens with zero attached hydrogens (tertiary/aromatic N) is 1. The number of halogens is 2. The predicted molar refractivity (Wildman–Crippen MR) is 64.3 cm³/mol. The molecule has 0 aliphatic heterocycles. The van der Waals surface area contributed by atoms with Crippen LogP contribution in [0.25, 0.3) is 0 Å². The molecule has 1 atom stereocenters. The highest BCUT2D eigenvalue weighted by Crippen LogP contribution is 2.17. The summed E-state index contributed by atoms with van der Waals surface area (Å²) in [5.74, 6) is -2.37. The fourth-order valence-corrected chi connectivity index (χ4v) is 1.27. The van der Waals surface area contributed by atoms with Gasteiger partial charge >= 0.3 is 0 Å². The van der Waals surface area contributed by atoms with E-state index in [4.69, 9.17) is 10.00 Å². The van der Waals surface area contributed by atoms with Gasteiger partial charge in [-0.25, -0.2) is 8.78 Å². The van der Waals surface area contributed by atoms with Crippen LogP contribution in [0.5, 0.6) is 5.75 Å². The number of rotatable bonds is 5. The lowest BCUT2D eigenvalue weighted by Crippen LogP contribution is -2.46. The molecule has 1 N–H and O–H groups in total. The maximum atomic E-state index is 13.2. The van der Waals surface area contributed by atoms with Crippen molar-refractivity contribution in [2.75, 3.05) is 6.61 Å². The van der Waals surface area contributed by atoms with E-state index in [0.717, 1.165) is 12.1 Å². The van der Waals surface area contributed by atoms with Crippen molar-refractivity contribution in [3.05, 3.63) is 29.8 Å². The Balaban J connectivity index is 2.58. The Morgan fingerprint density at radius 1 is 1.53 bits per heavy atom. The minimum absolute atomic E-state index is 0.216. The molecule has 102 valence electrons. The van der Waals surface area contributed by atoms with Gasteiger partial charge in [-0.1, -0.05) is 6.92 Å². The van der Waals surface area contributed by atoms with Crippen LogP contribution in [0.4, 0.5) is 8.78 Å². The number of amides is 1. The first-order chi connectivity index (χ1) is 8.90. The van der Waals surface area contributed by atoms with Crippen LogP contribution in [-0.2, 0) is 4.79 Å². The smallest absolute Gasteiger partial charge is 0.259 e. The van der Waals surface area contributed by atoms with Crippen LogP contribution in [0.15, 0.2) is 18.2 Å². The zero-order chi connectivity index (χ0) is 14.5. The third kappa shape index (κ3) is 4.21. The number of benzene rings is 1. The molecular weight excluding hydrogens is 254 g/mol. The van der Waals surface area contributed by atoms with E-state index >= 15 is 0 Å². The van der Waals surface area contributed by atoms with E-state index in [1.165, 1.54) is 0 Å². The SMILES string of the molecule is CCC(C)(C#N)NC(=O)COc1ccc(F)cc1F. The minimum Gasteiger partial charge on any atom is -0.481 e. The van der Waals surface area contributed by atoms with Crippen LogP contribution < -0.4 is 10.1 Å². The standard InChI is InChI=1S/C13H14F2N2O2/c1-3-13(2,8-16)17-12(18)7-19-11-5-4-9(14)6-10(11)15/h4-6H,3,7H2,1-2H3,(H,17,18). The van der Waals surface area contributed by atoms with Gasteiger partial charge in [0.1, 0.15) is 11.4 Å². The Bertz CT molecular complexity index is 514. The van der Waals surface area contributed by atoms with Crippen LogP contribution in [0.3, 0.4) is 0 Å². The van der Waals surface area contributed by atoms with Gasteiger partial charge < -0.3 is 10.1 Å². The Kier molecular flexibility index (Phi) is 4.81. The molecule has 0 aliphatic rings. The summed E-state index contributed by atoms with van der Waals surface area (Å²) in [6.45, 7) is 2.88. The summed E-state index contributed by atoms with van der Waals surface area (Å²) in [6.07, 6.45) is 0.431. The van der Waals surface area contributed by atoms with Crippen molar-refractivity contribution in [3.63, 3.8) is 0 Å². The van der Waals surface area contributed by atoms with Gasteiger partial charge in [0.25, 0.3) is 5.91 Å². The molecule has 1 amide bonds. The molecule has 0 aromatic heterocycles. The van der Waals surface area contributed by atoms with Crippen LogP contribution in [0.2, 0.25) is 0 Å². The van der Waals surface area contributed by atoms with Crippen molar-refractivity contribution in [2.45, 2.75) is 25.8 Å². The highest BCUT2D eigenvalue weighted by atomic mass is 19.1. The maximum Gasteiger partial charge on any atom is 0.259 e. The summed E-state index contributed by atoms with van der Waals surface area (Å²) in [4.78, 5) is 11.5. The van der Waals surface area contributed by atoms with E-state index in [1.807, 2.05) is 6.07 Å². The molecule has 0 spiro atoms. The van der Waals surface area contributed by atoms with E-state index in [2.05, 4.69) is 5.32 Å². The highest BCUT2D eigenvalue weighted by molar-refractivity contribution is 5.78. The number of ether oxygens (including phenoxy) is 1. The molecule has 0 radical (unpaired) electrons. The largest absolute Gasteiger partial charge is 0.481 e. The first kappa shape index (κ1) is 14.9. The molecule has 0 bridgehead atoms. The summed E-state index contributed by atoms with van der Waals surface area (Å²) >= 11 is 0. The molecule has 4 nitrogen and oxygen atoms in total. The highest BCUT2D eigenvalue weighted by Gasteiger charge is 2.23. The third-order valence-corrected chi connectivity index (χ3v) is 2.62. The molecule has 0 saturated heterocycles. The summed E-state index contributed by atoms with van der Waals surface area (Å²) in [5, 5.41) is 11.4. The minimum atomic E-state index is -0.984. The lowest BCUT2D eigenvalue weighted by molar-refractivity contribution is -0.124. The van der Waals surface area contributed by atoms with Gasteiger partial charge in [-0.3, -0.25) is 4.79 Å². The summed E-state index contributed by atoms with van der Waals surface area (Å²) in [5.41, 5.74) is -0.984. The van der Waals surface area contributed by atoms with Gasteiger partial charge in [-0.2, -0.15) is 5.26 Å². The van der Waals surface area contributed by atoms with Gasteiger partial charge in [0.15, 0.2) is 18.2 Å². The van der Waals surface area contributed by atoms with E-state index < -0.39 is 29.7 Å².